The van der Waals surface area contributed by atoms with Gasteiger partial charge >= 0.3 is 8.69 Å². The maximum Gasteiger partial charge on any atom is 0.542 e. The molecule has 1 atom stereocenters. The zero-order valence-corrected chi connectivity index (χ0v) is 9.75. The van der Waals surface area contributed by atoms with Crippen LogP contribution in [0.4, 0.5) is 0 Å². The minimum absolute atomic E-state index is 0.203. The van der Waals surface area contributed by atoms with Gasteiger partial charge in [-0.05, 0) is 25.3 Å². The maximum atomic E-state index is 10.4. The minimum atomic E-state index is -1.05. The van der Waals surface area contributed by atoms with E-state index >= 15 is 0 Å². The number of ether oxygens (including phenoxy) is 2. The van der Waals surface area contributed by atoms with Gasteiger partial charge in [-0.2, -0.15) is 0 Å². The molecule has 80 valence electrons. The van der Waals surface area contributed by atoms with E-state index in [-0.39, 0.29) is 5.76 Å². The number of hydrogen-bond donors (Lipinski definition) is 0. The van der Waals surface area contributed by atoms with Crippen molar-refractivity contribution in [2.24, 2.45) is 0 Å². The van der Waals surface area contributed by atoms with Crippen LogP contribution in [0.15, 0.2) is 18.1 Å². The third kappa shape index (κ3) is 3.60. The monoisotopic (exact) mass is 219 g/mol. The van der Waals surface area contributed by atoms with Crippen LogP contribution in [0.2, 0.25) is 0 Å². The highest BCUT2D eigenvalue weighted by Gasteiger charge is 2.35. The molecule has 0 aliphatic carbocycles. The van der Waals surface area contributed by atoms with E-state index in [1.807, 2.05) is 13.8 Å². The van der Waals surface area contributed by atoms with E-state index in [4.69, 9.17) is 14.0 Å². The van der Waals surface area contributed by atoms with Gasteiger partial charge in [-0.1, -0.05) is 12.3 Å². The highest BCUT2D eigenvalue weighted by molar-refractivity contribution is 7.17. The van der Waals surface area contributed by atoms with Crippen LogP contribution in [0.5, 0.6) is 0 Å². The van der Waals surface area contributed by atoms with Crippen molar-refractivity contribution in [2.45, 2.75) is 26.6 Å². The van der Waals surface area contributed by atoms with Gasteiger partial charge in [-0.15, -0.1) is 0 Å². The highest BCUT2D eigenvalue weighted by Crippen LogP contribution is 2.26. The van der Waals surface area contributed by atoms with Crippen molar-refractivity contribution in [3.05, 3.63) is 18.1 Å². The predicted molar refractivity (Wildman–Crippen MR) is 54.4 cm³/mol. The normalized spacial score (nSPS) is 11.1. The van der Waals surface area contributed by atoms with Crippen molar-refractivity contribution in [1.82, 2.24) is 0 Å². The fourth-order valence-corrected chi connectivity index (χ4v) is 1.40. The first-order valence-electron chi connectivity index (χ1n) is 4.37. The fourth-order valence-electron chi connectivity index (χ4n) is 1.05. The van der Waals surface area contributed by atoms with Crippen LogP contribution in [0.25, 0.3) is 0 Å². The van der Waals surface area contributed by atoms with Gasteiger partial charge in [0.05, 0.1) is 0 Å². The van der Waals surface area contributed by atoms with E-state index in [1.165, 1.54) is 0 Å². The molecule has 14 heavy (non-hydrogen) atoms. The average molecular weight is 219 g/mol. The Labute approximate surface area is 85.8 Å². The number of rotatable bonds is 7. The largest absolute Gasteiger partial charge is 0.542 e. The van der Waals surface area contributed by atoms with Gasteiger partial charge < -0.3 is 9.47 Å². The Kier molecular flexibility index (Phi) is 6.43. The molecule has 0 radical (unpaired) electrons. The van der Waals surface area contributed by atoms with Crippen LogP contribution in [0, 0.1) is 0 Å². The Morgan fingerprint density at radius 3 is 2.21 bits per heavy atom. The summed E-state index contributed by atoms with van der Waals surface area (Å²) in [5, 5.41) is 0. The predicted octanol–water partition coefficient (Wildman–Crippen LogP) is 2.40. The highest BCUT2D eigenvalue weighted by atomic mass is 31.1. The lowest BCUT2D eigenvalue weighted by Crippen LogP contribution is -2.34. The van der Waals surface area contributed by atoms with Gasteiger partial charge in [-0.25, -0.2) is 4.52 Å². The van der Waals surface area contributed by atoms with Crippen LogP contribution in [-0.2, 0) is 18.6 Å². The van der Waals surface area contributed by atoms with Crippen molar-refractivity contribution in [3.8, 4) is 0 Å². The van der Waals surface area contributed by atoms with Gasteiger partial charge in [0.25, 0.3) is 5.76 Å². The van der Waals surface area contributed by atoms with E-state index in [2.05, 4.69) is 12.3 Å². The second-order valence-corrected chi connectivity index (χ2v) is 2.87. The van der Waals surface area contributed by atoms with Crippen molar-refractivity contribution in [2.75, 3.05) is 13.2 Å². The van der Waals surface area contributed by atoms with E-state index in [0.717, 1.165) is 0 Å². The molecular formula is C9H16O4P+. The second-order valence-electron chi connectivity index (χ2n) is 2.50. The molecule has 0 N–H and O–H groups in total. The molecule has 4 nitrogen and oxygen atoms in total. The Morgan fingerprint density at radius 2 is 1.93 bits per heavy atom. The van der Waals surface area contributed by atoms with E-state index < -0.39 is 14.5 Å². The molecule has 0 heterocycles. The lowest BCUT2D eigenvalue weighted by molar-refractivity contribution is -0.208. The molecule has 0 amide bonds. The van der Waals surface area contributed by atoms with Crippen molar-refractivity contribution >= 4 is 8.69 Å². The molecule has 5 heteroatoms. The fraction of sp³-hybridized carbons (Fsp3) is 0.667. The standard InChI is InChI=1S/C9H16O4P/c1-5-8(13-14-10)9(4,11-6-2)12-7-3/h14H,1,6-7H2,2-4H3/q+1. The summed E-state index contributed by atoms with van der Waals surface area (Å²) < 4.78 is 25.9. The van der Waals surface area contributed by atoms with Crippen molar-refractivity contribution in [1.29, 1.82) is 0 Å². The van der Waals surface area contributed by atoms with Crippen molar-refractivity contribution in [3.63, 3.8) is 0 Å². The van der Waals surface area contributed by atoms with Crippen LogP contribution < -0.4 is 0 Å². The summed E-state index contributed by atoms with van der Waals surface area (Å²) in [6.07, 6.45) is 0. The van der Waals surface area contributed by atoms with Crippen LogP contribution in [0.1, 0.15) is 20.8 Å². The Balaban J connectivity index is 4.75. The lowest BCUT2D eigenvalue weighted by atomic mass is 10.2. The zero-order chi connectivity index (χ0) is 11.0. The van der Waals surface area contributed by atoms with Gasteiger partial charge in [0, 0.05) is 13.2 Å². The molecular weight excluding hydrogens is 203 g/mol. The summed E-state index contributed by atoms with van der Waals surface area (Å²) in [7, 11) is -0.922. The SMILES string of the molecule is C=C=C(O[PH+]=O)C(C)(OCC)OCC. The first kappa shape index (κ1) is 13.3. The number of hydrogen-bond acceptors (Lipinski definition) is 4. The van der Waals surface area contributed by atoms with Crippen LogP contribution in [-0.4, -0.2) is 19.0 Å². The first-order valence-corrected chi connectivity index (χ1v) is 5.18. The summed E-state index contributed by atoms with van der Waals surface area (Å²) in [6.45, 7) is 9.67. The summed E-state index contributed by atoms with van der Waals surface area (Å²) in [6, 6.07) is 0. The molecule has 0 bridgehead atoms. The zero-order valence-electron chi connectivity index (χ0n) is 8.75. The molecule has 0 saturated carbocycles. The minimum Gasteiger partial charge on any atom is -0.343 e. The quantitative estimate of drug-likeness (QED) is 0.285. The van der Waals surface area contributed by atoms with Crippen molar-refractivity contribution < 1.29 is 18.6 Å². The van der Waals surface area contributed by atoms with Gasteiger partial charge in [0.2, 0.25) is 5.79 Å². The van der Waals surface area contributed by atoms with Gasteiger partial charge in [-0.3, -0.25) is 0 Å². The molecule has 0 aromatic rings. The Bertz CT molecular complexity index is 227. The first-order chi connectivity index (χ1) is 6.64. The molecule has 0 fully saturated rings. The smallest absolute Gasteiger partial charge is 0.343 e. The molecule has 0 aliphatic heterocycles. The molecule has 1 unspecified atom stereocenters. The Hall–Kier alpha value is -0.660. The molecule has 0 aromatic carbocycles. The van der Waals surface area contributed by atoms with Gasteiger partial charge in [0.15, 0.2) is 0 Å². The van der Waals surface area contributed by atoms with E-state index in [9.17, 15) is 4.57 Å². The third-order valence-electron chi connectivity index (χ3n) is 1.56. The molecule has 0 aromatic heterocycles. The second kappa shape index (κ2) is 6.74. The van der Waals surface area contributed by atoms with E-state index in [1.54, 1.807) is 6.92 Å². The van der Waals surface area contributed by atoms with Crippen LogP contribution in [0.3, 0.4) is 0 Å². The molecule has 0 saturated heterocycles. The lowest BCUT2D eigenvalue weighted by Gasteiger charge is -2.26. The van der Waals surface area contributed by atoms with Gasteiger partial charge in [0.1, 0.15) is 0 Å². The summed E-state index contributed by atoms with van der Waals surface area (Å²) in [4.78, 5) is 0. The van der Waals surface area contributed by atoms with Crippen LogP contribution >= 0.6 is 8.69 Å². The summed E-state index contributed by atoms with van der Waals surface area (Å²) >= 11 is 0. The Morgan fingerprint density at radius 1 is 1.43 bits per heavy atom. The molecule has 0 aliphatic rings. The summed E-state index contributed by atoms with van der Waals surface area (Å²) in [5.41, 5.74) is 2.51. The molecule has 0 rings (SSSR count). The topological polar surface area (TPSA) is 44.8 Å². The van der Waals surface area contributed by atoms with E-state index in [0.29, 0.717) is 13.2 Å². The summed E-state index contributed by atoms with van der Waals surface area (Å²) in [5.74, 6) is -0.850. The average Bonchev–Trinajstić information content (AvgIpc) is 2.14. The maximum absolute atomic E-state index is 10.4. The third-order valence-corrected chi connectivity index (χ3v) is 1.84. The molecule has 0 spiro atoms.